The van der Waals surface area contributed by atoms with Gasteiger partial charge in [0.1, 0.15) is 18.0 Å². The highest BCUT2D eigenvalue weighted by molar-refractivity contribution is 5.66. The first-order chi connectivity index (χ1) is 9.02. The highest BCUT2D eigenvalue weighted by Gasteiger charge is 2.13. The minimum absolute atomic E-state index is 0.559. The summed E-state index contributed by atoms with van der Waals surface area (Å²) >= 11 is 0. The molecule has 0 bridgehead atoms. The van der Waals surface area contributed by atoms with E-state index in [2.05, 4.69) is 53.8 Å². The van der Waals surface area contributed by atoms with E-state index in [0.717, 1.165) is 23.5 Å². The third-order valence-electron chi connectivity index (χ3n) is 3.22. The van der Waals surface area contributed by atoms with Crippen LogP contribution in [0.15, 0.2) is 24.5 Å². The summed E-state index contributed by atoms with van der Waals surface area (Å²) in [6.07, 6.45) is 2.33. The lowest BCUT2D eigenvalue weighted by Gasteiger charge is -2.22. The largest absolute Gasteiger partial charge is 0.383 e. The fraction of sp³-hybridized carbons (Fsp3) is 0.333. The molecule has 4 nitrogen and oxygen atoms in total. The molecule has 100 valence electrons. The van der Waals surface area contributed by atoms with Gasteiger partial charge in [-0.05, 0) is 43.5 Å². The van der Waals surface area contributed by atoms with Crippen molar-refractivity contribution in [2.24, 2.45) is 0 Å². The Kier molecular flexibility index (Phi) is 3.69. The molecule has 0 spiro atoms. The van der Waals surface area contributed by atoms with Crippen LogP contribution in [0, 0.1) is 13.8 Å². The third kappa shape index (κ3) is 2.67. The summed E-state index contributed by atoms with van der Waals surface area (Å²) in [5, 5.41) is 0. The molecule has 0 radical (unpaired) electrons. The van der Waals surface area contributed by atoms with Crippen molar-refractivity contribution in [2.45, 2.75) is 27.2 Å². The number of hydrogen-bond acceptors (Lipinski definition) is 4. The molecular formula is C15H20N4. The molecule has 0 amide bonds. The second kappa shape index (κ2) is 5.26. The lowest BCUT2D eigenvalue weighted by atomic mass is 10.1. The van der Waals surface area contributed by atoms with Crippen molar-refractivity contribution in [3.8, 4) is 0 Å². The van der Waals surface area contributed by atoms with Crippen LogP contribution in [-0.4, -0.2) is 17.0 Å². The molecule has 1 aromatic carbocycles. The zero-order chi connectivity index (χ0) is 14.0. The number of nitrogens with two attached hydrogens (primary N) is 1. The van der Waals surface area contributed by atoms with Gasteiger partial charge in [0, 0.05) is 18.3 Å². The van der Waals surface area contributed by atoms with Gasteiger partial charge in [0.2, 0.25) is 0 Å². The lowest BCUT2D eigenvalue weighted by molar-refractivity contribution is 1.01. The average molecular weight is 256 g/mol. The molecule has 0 unspecified atom stereocenters. The van der Waals surface area contributed by atoms with Gasteiger partial charge in [0.25, 0.3) is 0 Å². The van der Waals surface area contributed by atoms with Crippen LogP contribution < -0.4 is 10.6 Å². The smallest absolute Gasteiger partial charge is 0.141 e. The van der Waals surface area contributed by atoms with Crippen molar-refractivity contribution in [1.82, 2.24) is 9.97 Å². The maximum atomic E-state index is 5.93. The van der Waals surface area contributed by atoms with Crippen molar-refractivity contribution >= 4 is 17.3 Å². The van der Waals surface area contributed by atoms with Crippen LogP contribution in [0.5, 0.6) is 0 Å². The Morgan fingerprint density at radius 3 is 2.32 bits per heavy atom. The fourth-order valence-electron chi connectivity index (χ4n) is 2.31. The SMILES string of the molecule is CCc1c(N)ncnc1N(C)c1cc(C)cc(C)c1. The minimum atomic E-state index is 0.559. The summed E-state index contributed by atoms with van der Waals surface area (Å²) in [7, 11) is 2.01. The number of anilines is 3. The summed E-state index contributed by atoms with van der Waals surface area (Å²) < 4.78 is 0. The Labute approximate surface area is 114 Å². The van der Waals surface area contributed by atoms with E-state index in [9.17, 15) is 0 Å². The molecule has 19 heavy (non-hydrogen) atoms. The first kappa shape index (κ1) is 13.3. The van der Waals surface area contributed by atoms with E-state index in [1.54, 1.807) is 0 Å². The van der Waals surface area contributed by atoms with E-state index in [1.807, 2.05) is 7.05 Å². The predicted octanol–water partition coefficient (Wildman–Crippen LogP) is 3.01. The van der Waals surface area contributed by atoms with E-state index in [1.165, 1.54) is 17.5 Å². The molecule has 0 aliphatic carbocycles. The molecule has 2 N–H and O–H groups in total. The van der Waals surface area contributed by atoms with Crippen LogP contribution in [-0.2, 0) is 6.42 Å². The summed E-state index contributed by atoms with van der Waals surface area (Å²) in [5.41, 5.74) is 10.5. The van der Waals surface area contributed by atoms with Crippen LogP contribution >= 0.6 is 0 Å². The van der Waals surface area contributed by atoms with Gasteiger partial charge in [0.05, 0.1) is 0 Å². The monoisotopic (exact) mass is 256 g/mol. The van der Waals surface area contributed by atoms with Gasteiger partial charge in [-0.1, -0.05) is 13.0 Å². The molecule has 0 saturated heterocycles. The molecule has 1 heterocycles. The third-order valence-corrected chi connectivity index (χ3v) is 3.22. The van der Waals surface area contributed by atoms with Gasteiger partial charge in [0.15, 0.2) is 0 Å². The first-order valence-electron chi connectivity index (χ1n) is 6.44. The van der Waals surface area contributed by atoms with Crippen LogP contribution in [0.25, 0.3) is 0 Å². The van der Waals surface area contributed by atoms with Crippen molar-refractivity contribution in [1.29, 1.82) is 0 Å². The second-order valence-electron chi connectivity index (χ2n) is 4.82. The summed E-state index contributed by atoms with van der Waals surface area (Å²) in [4.78, 5) is 10.5. The minimum Gasteiger partial charge on any atom is -0.383 e. The molecule has 0 aliphatic rings. The normalized spacial score (nSPS) is 10.5. The average Bonchev–Trinajstić information content (AvgIpc) is 2.36. The number of nitrogen functional groups attached to an aromatic ring is 1. The number of nitrogens with zero attached hydrogens (tertiary/aromatic N) is 3. The number of rotatable bonds is 3. The van der Waals surface area contributed by atoms with Crippen molar-refractivity contribution < 1.29 is 0 Å². The highest BCUT2D eigenvalue weighted by Crippen LogP contribution is 2.28. The molecule has 4 heteroatoms. The zero-order valence-corrected chi connectivity index (χ0v) is 11.9. The van der Waals surface area contributed by atoms with Gasteiger partial charge in [-0.25, -0.2) is 9.97 Å². The number of aromatic nitrogens is 2. The Morgan fingerprint density at radius 2 is 1.74 bits per heavy atom. The maximum absolute atomic E-state index is 5.93. The zero-order valence-electron chi connectivity index (χ0n) is 11.9. The molecular weight excluding hydrogens is 236 g/mol. The molecule has 2 rings (SSSR count). The number of hydrogen-bond donors (Lipinski definition) is 1. The van der Waals surface area contributed by atoms with Gasteiger partial charge in [-0.3, -0.25) is 0 Å². The maximum Gasteiger partial charge on any atom is 0.141 e. The van der Waals surface area contributed by atoms with E-state index >= 15 is 0 Å². The Balaban J connectivity index is 2.49. The lowest BCUT2D eigenvalue weighted by Crippen LogP contribution is -2.15. The van der Waals surface area contributed by atoms with Gasteiger partial charge >= 0.3 is 0 Å². The summed E-state index contributed by atoms with van der Waals surface area (Å²) in [6.45, 7) is 6.26. The van der Waals surface area contributed by atoms with Crippen LogP contribution in [0.1, 0.15) is 23.6 Å². The Bertz CT molecular complexity index is 572. The van der Waals surface area contributed by atoms with Gasteiger partial charge < -0.3 is 10.6 Å². The molecule has 1 aromatic heterocycles. The van der Waals surface area contributed by atoms with Crippen LogP contribution in [0.4, 0.5) is 17.3 Å². The van der Waals surface area contributed by atoms with E-state index < -0.39 is 0 Å². The molecule has 0 fully saturated rings. The Morgan fingerprint density at radius 1 is 1.11 bits per heavy atom. The molecule has 0 saturated carbocycles. The highest BCUT2D eigenvalue weighted by atomic mass is 15.2. The Hall–Kier alpha value is -2.10. The topological polar surface area (TPSA) is 55.0 Å². The van der Waals surface area contributed by atoms with E-state index in [0.29, 0.717) is 5.82 Å². The van der Waals surface area contributed by atoms with Gasteiger partial charge in [-0.15, -0.1) is 0 Å². The van der Waals surface area contributed by atoms with E-state index in [4.69, 9.17) is 5.73 Å². The van der Waals surface area contributed by atoms with Gasteiger partial charge in [-0.2, -0.15) is 0 Å². The van der Waals surface area contributed by atoms with Crippen LogP contribution in [0.2, 0.25) is 0 Å². The van der Waals surface area contributed by atoms with Crippen molar-refractivity contribution in [3.63, 3.8) is 0 Å². The standard InChI is InChI=1S/C15H20N4/c1-5-13-14(16)17-9-18-15(13)19(4)12-7-10(2)6-11(3)8-12/h6-9H,5H2,1-4H3,(H2,16,17,18). The van der Waals surface area contributed by atoms with Crippen molar-refractivity contribution in [3.05, 3.63) is 41.2 Å². The van der Waals surface area contributed by atoms with Crippen molar-refractivity contribution in [2.75, 3.05) is 17.7 Å². The number of benzene rings is 1. The number of aryl methyl sites for hydroxylation is 2. The fourth-order valence-corrected chi connectivity index (χ4v) is 2.31. The summed E-state index contributed by atoms with van der Waals surface area (Å²) in [6, 6.07) is 6.45. The quantitative estimate of drug-likeness (QED) is 0.917. The van der Waals surface area contributed by atoms with E-state index in [-0.39, 0.29) is 0 Å². The summed E-state index contributed by atoms with van der Waals surface area (Å²) in [5.74, 6) is 1.43. The molecule has 2 aromatic rings. The predicted molar refractivity (Wildman–Crippen MR) is 79.8 cm³/mol. The molecule has 0 atom stereocenters. The van der Waals surface area contributed by atoms with Crippen LogP contribution in [0.3, 0.4) is 0 Å². The molecule has 0 aliphatic heterocycles. The first-order valence-corrected chi connectivity index (χ1v) is 6.44. The second-order valence-corrected chi connectivity index (χ2v) is 4.82.